The third kappa shape index (κ3) is 4.88. The van der Waals surface area contributed by atoms with E-state index in [-0.39, 0.29) is 6.61 Å². The first-order chi connectivity index (χ1) is 16.4. The van der Waals surface area contributed by atoms with Crippen molar-refractivity contribution in [3.63, 3.8) is 0 Å². The molecule has 0 aliphatic carbocycles. The second-order valence-electron chi connectivity index (χ2n) is 7.60. The summed E-state index contributed by atoms with van der Waals surface area (Å²) in [6.45, 7) is -0.931. The van der Waals surface area contributed by atoms with Gasteiger partial charge in [0.15, 0.2) is 0 Å². The molecule has 0 N–H and O–H groups in total. The van der Waals surface area contributed by atoms with Crippen molar-refractivity contribution in [3.8, 4) is 28.3 Å². The van der Waals surface area contributed by atoms with Crippen LogP contribution in [0.3, 0.4) is 0 Å². The number of benzene rings is 1. The van der Waals surface area contributed by atoms with Gasteiger partial charge in [0.25, 0.3) is 0 Å². The minimum absolute atomic E-state index is 0.258. The fourth-order valence-corrected chi connectivity index (χ4v) is 3.57. The Labute approximate surface area is 192 Å². The van der Waals surface area contributed by atoms with Crippen molar-refractivity contribution < 1.29 is 17.9 Å². The van der Waals surface area contributed by atoms with E-state index in [4.69, 9.17) is 4.74 Å². The number of ether oxygens (including phenoxy) is 1. The molecule has 0 bridgehead atoms. The summed E-state index contributed by atoms with van der Waals surface area (Å²) < 4.78 is 45.5. The average molecular weight is 461 g/mol. The predicted molar refractivity (Wildman–Crippen MR) is 121 cm³/mol. The molecule has 170 valence electrons. The highest BCUT2D eigenvalue weighted by atomic mass is 19.4. The maximum atomic E-state index is 12.9. The standard InChI is InChI=1S/C25H18F3N5O/c26-25(27,28)16-33-14-21(17-9-11-29-12-10-17)24(32-33)23-8-7-20(13-30-23)34-15-19-6-5-18-3-1-2-4-22(18)31-19/h1-14H,15-16H2. The number of aromatic nitrogens is 5. The van der Waals surface area contributed by atoms with E-state index in [1.165, 1.54) is 12.4 Å². The molecule has 0 radical (unpaired) electrons. The van der Waals surface area contributed by atoms with Gasteiger partial charge in [0.2, 0.25) is 0 Å². The van der Waals surface area contributed by atoms with Crippen LogP contribution < -0.4 is 4.74 Å². The van der Waals surface area contributed by atoms with Gasteiger partial charge in [-0.3, -0.25) is 14.6 Å². The lowest BCUT2D eigenvalue weighted by atomic mass is 10.1. The Bertz CT molecular complexity index is 1420. The highest BCUT2D eigenvalue weighted by Gasteiger charge is 2.29. The normalized spacial score (nSPS) is 11.6. The van der Waals surface area contributed by atoms with E-state index in [9.17, 15) is 13.2 Å². The summed E-state index contributed by atoms with van der Waals surface area (Å²) in [5.41, 5.74) is 3.67. The Morgan fingerprint density at radius 2 is 1.74 bits per heavy atom. The first-order valence-electron chi connectivity index (χ1n) is 10.4. The van der Waals surface area contributed by atoms with Gasteiger partial charge in [-0.2, -0.15) is 18.3 Å². The lowest BCUT2D eigenvalue weighted by Gasteiger charge is -2.07. The molecule has 0 saturated carbocycles. The molecule has 0 aliphatic heterocycles. The molecule has 0 amide bonds. The van der Waals surface area contributed by atoms with Gasteiger partial charge < -0.3 is 4.74 Å². The summed E-state index contributed by atoms with van der Waals surface area (Å²) in [7, 11) is 0. The second kappa shape index (κ2) is 8.93. The molecule has 34 heavy (non-hydrogen) atoms. The Kier molecular flexibility index (Phi) is 5.67. The summed E-state index contributed by atoms with van der Waals surface area (Å²) in [5.74, 6) is 0.513. The Balaban J connectivity index is 1.37. The van der Waals surface area contributed by atoms with Gasteiger partial charge in [0.05, 0.1) is 23.1 Å². The minimum Gasteiger partial charge on any atom is -0.486 e. The first kappa shape index (κ1) is 21.6. The minimum atomic E-state index is -4.39. The number of rotatable bonds is 6. The summed E-state index contributed by atoms with van der Waals surface area (Å²) in [5, 5.41) is 5.21. The Morgan fingerprint density at radius 1 is 0.912 bits per heavy atom. The molecule has 0 aliphatic rings. The smallest absolute Gasteiger partial charge is 0.408 e. The van der Waals surface area contributed by atoms with Gasteiger partial charge in [-0.1, -0.05) is 24.3 Å². The van der Waals surface area contributed by atoms with Crippen molar-refractivity contribution in [3.05, 3.63) is 91.1 Å². The fourth-order valence-electron chi connectivity index (χ4n) is 3.57. The number of halogens is 3. The van der Waals surface area contributed by atoms with Gasteiger partial charge in [-0.15, -0.1) is 0 Å². The Morgan fingerprint density at radius 3 is 2.50 bits per heavy atom. The summed E-state index contributed by atoms with van der Waals surface area (Å²) in [6.07, 6.45) is 1.66. The van der Waals surface area contributed by atoms with Crippen molar-refractivity contribution in [2.75, 3.05) is 0 Å². The molecule has 5 rings (SSSR count). The summed E-state index contributed by atoms with van der Waals surface area (Å²) in [6, 6.07) is 18.5. The van der Waals surface area contributed by atoms with E-state index in [1.54, 1.807) is 36.7 Å². The number of hydrogen-bond donors (Lipinski definition) is 0. The third-order valence-corrected chi connectivity index (χ3v) is 5.12. The average Bonchev–Trinajstić information content (AvgIpc) is 3.25. The maximum absolute atomic E-state index is 12.9. The van der Waals surface area contributed by atoms with Gasteiger partial charge >= 0.3 is 6.18 Å². The zero-order valence-electron chi connectivity index (χ0n) is 17.8. The molecule has 0 spiro atoms. The number of pyridine rings is 3. The second-order valence-corrected chi connectivity index (χ2v) is 7.60. The van der Waals surface area contributed by atoms with Crippen LogP contribution in [0.15, 0.2) is 85.5 Å². The van der Waals surface area contributed by atoms with Crippen LogP contribution in [0.2, 0.25) is 0 Å². The van der Waals surface area contributed by atoms with Gasteiger partial charge in [0.1, 0.15) is 24.6 Å². The largest absolute Gasteiger partial charge is 0.486 e. The maximum Gasteiger partial charge on any atom is 0.408 e. The SMILES string of the molecule is FC(F)(F)Cn1cc(-c2ccncc2)c(-c2ccc(OCc3ccc4ccccc4n3)cn2)n1. The highest BCUT2D eigenvalue weighted by Crippen LogP contribution is 2.31. The van der Waals surface area contributed by atoms with E-state index in [0.717, 1.165) is 21.3 Å². The first-order valence-corrected chi connectivity index (χ1v) is 10.4. The van der Waals surface area contributed by atoms with Crippen LogP contribution in [0, 0.1) is 0 Å². The molecular weight excluding hydrogens is 443 g/mol. The van der Waals surface area contributed by atoms with E-state index in [0.29, 0.717) is 28.3 Å². The molecule has 5 aromatic rings. The number of fused-ring (bicyclic) bond motifs is 1. The third-order valence-electron chi connectivity index (χ3n) is 5.12. The molecule has 0 fully saturated rings. The molecular formula is C25H18F3N5O. The molecule has 4 heterocycles. The highest BCUT2D eigenvalue weighted by molar-refractivity contribution is 5.79. The van der Waals surface area contributed by atoms with Gasteiger partial charge in [0, 0.05) is 29.5 Å². The fraction of sp³-hybridized carbons (Fsp3) is 0.120. The van der Waals surface area contributed by atoms with E-state index in [1.807, 2.05) is 36.4 Å². The van der Waals surface area contributed by atoms with Crippen LogP contribution in [0.25, 0.3) is 33.4 Å². The van der Waals surface area contributed by atoms with Crippen LogP contribution >= 0.6 is 0 Å². The number of para-hydroxylation sites is 1. The van der Waals surface area contributed by atoms with Crippen molar-refractivity contribution in [2.24, 2.45) is 0 Å². The molecule has 9 heteroatoms. The summed E-state index contributed by atoms with van der Waals surface area (Å²) in [4.78, 5) is 12.9. The van der Waals surface area contributed by atoms with Crippen molar-refractivity contribution >= 4 is 10.9 Å². The lowest BCUT2D eigenvalue weighted by Crippen LogP contribution is -2.17. The van der Waals surface area contributed by atoms with Crippen LogP contribution in [0.4, 0.5) is 13.2 Å². The monoisotopic (exact) mass is 461 g/mol. The Hall–Kier alpha value is -4.27. The zero-order valence-corrected chi connectivity index (χ0v) is 17.8. The van der Waals surface area contributed by atoms with Crippen LogP contribution in [-0.4, -0.2) is 30.9 Å². The molecule has 0 atom stereocenters. The van der Waals surface area contributed by atoms with Crippen LogP contribution in [-0.2, 0) is 13.2 Å². The van der Waals surface area contributed by atoms with Crippen molar-refractivity contribution in [1.29, 1.82) is 0 Å². The topological polar surface area (TPSA) is 65.7 Å². The molecule has 0 saturated heterocycles. The molecule has 6 nitrogen and oxygen atoms in total. The van der Waals surface area contributed by atoms with Crippen LogP contribution in [0.1, 0.15) is 5.69 Å². The van der Waals surface area contributed by atoms with E-state index < -0.39 is 12.7 Å². The van der Waals surface area contributed by atoms with E-state index in [2.05, 4.69) is 20.1 Å². The summed E-state index contributed by atoms with van der Waals surface area (Å²) >= 11 is 0. The lowest BCUT2D eigenvalue weighted by molar-refractivity contribution is -0.142. The van der Waals surface area contributed by atoms with Gasteiger partial charge in [-0.25, -0.2) is 4.98 Å². The molecule has 4 aromatic heterocycles. The van der Waals surface area contributed by atoms with Crippen molar-refractivity contribution in [1.82, 2.24) is 24.7 Å². The number of alkyl halides is 3. The number of nitrogens with zero attached hydrogens (tertiary/aromatic N) is 5. The van der Waals surface area contributed by atoms with Crippen molar-refractivity contribution in [2.45, 2.75) is 19.3 Å². The van der Waals surface area contributed by atoms with E-state index >= 15 is 0 Å². The number of hydrogen-bond acceptors (Lipinski definition) is 5. The van der Waals surface area contributed by atoms with Gasteiger partial charge in [-0.05, 0) is 42.0 Å². The van der Waals surface area contributed by atoms with Crippen LogP contribution in [0.5, 0.6) is 5.75 Å². The molecule has 0 unspecified atom stereocenters. The molecule has 1 aromatic carbocycles. The predicted octanol–water partition coefficient (Wildman–Crippen LogP) is 5.70. The quantitative estimate of drug-likeness (QED) is 0.325. The zero-order chi connectivity index (χ0) is 23.5.